The number of nitrogens with one attached hydrogen (secondary N) is 2. The van der Waals surface area contributed by atoms with Crippen LogP contribution in [0.1, 0.15) is 32.5 Å². The van der Waals surface area contributed by atoms with Crippen LogP contribution in [0.15, 0.2) is 9.52 Å². The van der Waals surface area contributed by atoms with Gasteiger partial charge in [-0.1, -0.05) is 25.9 Å². The summed E-state index contributed by atoms with van der Waals surface area (Å²) in [4.78, 5) is 8.27. The minimum absolute atomic E-state index is 0.0597. The van der Waals surface area contributed by atoms with E-state index >= 15 is 0 Å². The van der Waals surface area contributed by atoms with E-state index in [1.54, 1.807) is 21.1 Å². The summed E-state index contributed by atoms with van der Waals surface area (Å²) in [5, 5.41) is 10.1. The summed E-state index contributed by atoms with van der Waals surface area (Å²) in [6.45, 7) is 9.31. The Morgan fingerprint density at radius 3 is 2.55 bits per heavy atom. The topological polar surface area (TPSA) is 84.6 Å². The molecule has 0 aliphatic carbocycles. The van der Waals surface area contributed by atoms with Crippen molar-refractivity contribution in [2.45, 2.75) is 40.3 Å². The zero-order valence-electron chi connectivity index (χ0n) is 13.1. The van der Waals surface area contributed by atoms with E-state index in [1.165, 1.54) is 0 Å². The molecule has 1 unspecified atom stereocenters. The van der Waals surface area contributed by atoms with Crippen LogP contribution in [0.25, 0.3) is 0 Å². The lowest BCUT2D eigenvalue weighted by atomic mass is 9.89. The van der Waals surface area contributed by atoms with Gasteiger partial charge in [-0.15, -0.1) is 0 Å². The lowest BCUT2D eigenvalue weighted by Crippen LogP contribution is -2.45. The molecule has 1 aromatic rings. The highest BCUT2D eigenvalue weighted by molar-refractivity contribution is 5.79. The largest absolute Gasteiger partial charge is 0.379 e. The normalized spacial score (nSPS) is 14.2. The van der Waals surface area contributed by atoms with E-state index < -0.39 is 0 Å². The average Bonchev–Trinajstić information content (AvgIpc) is 2.78. The molecule has 1 rings (SSSR count). The Morgan fingerprint density at radius 2 is 2.10 bits per heavy atom. The summed E-state index contributed by atoms with van der Waals surface area (Å²) in [5.74, 6) is 1.83. The maximum atomic E-state index is 5.49. The molecular formula is C13H25N5O2. The van der Waals surface area contributed by atoms with Crippen molar-refractivity contribution in [1.82, 2.24) is 20.8 Å². The molecule has 0 aliphatic rings. The Morgan fingerprint density at radius 1 is 1.40 bits per heavy atom. The molecule has 1 aromatic heterocycles. The van der Waals surface area contributed by atoms with E-state index in [2.05, 4.69) is 46.5 Å². The average molecular weight is 283 g/mol. The van der Waals surface area contributed by atoms with E-state index in [9.17, 15) is 0 Å². The first-order valence-electron chi connectivity index (χ1n) is 6.63. The number of guanidine groups is 1. The summed E-state index contributed by atoms with van der Waals surface area (Å²) in [7, 11) is 3.43. The summed E-state index contributed by atoms with van der Waals surface area (Å²) < 4.78 is 10.5. The van der Waals surface area contributed by atoms with Crippen molar-refractivity contribution in [3.63, 3.8) is 0 Å². The zero-order valence-corrected chi connectivity index (χ0v) is 13.1. The molecule has 114 valence electrons. The lowest BCUT2D eigenvalue weighted by molar-refractivity contribution is 0.0205. The van der Waals surface area contributed by atoms with Crippen LogP contribution >= 0.6 is 0 Å². The van der Waals surface area contributed by atoms with E-state index in [-0.39, 0.29) is 11.5 Å². The van der Waals surface area contributed by atoms with Crippen molar-refractivity contribution < 1.29 is 9.26 Å². The Bertz CT molecular complexity index is 436. The van der Waals surface area contributed by atoms with Gasteiger partial charge in [0.2, 0.25) is 5.89 Å². The predicted molar refractivity (Wildman–Crippen MR) is 77.5 cm³/mol. The first kappa shape index (κ1) is 16.4. The minimum Gasteiger partial charge on any atom is -0.379 e. The fourth-order valence-corrected chi connectivity index (χ4v) is 1.72. The molecule has 0 saturated heterocycles. The van der Waals surface area contributed by atoms with Crippen LogP contribution in [0.2, 0.25) is 0 Å². The van der Waals surface area contributed by atoms with Gasteiger partial charge in [0.1, 0.15) is 0 Å². The fraction of sp³-hybridized carbons (Fsp3) is 0.769. The van der Waals surface area contributed by atoms with Gasteiger partial charge in [0.05, 0.1) is 12.6 Å². The zero-order chi connectivity index (χ0) is 15.2. The van der Waals surface area contributed by atoms with Gasteiger partial charge >= 0.3 is 0 Å². The highest BCUT2D eigenvalue weighted by Crippen LogP contribution is 2.20. The number of nitrogens with zero attached hydrogens (tertiary/aromatic N) is 3. The fourth-order valence-electron chi connectivity index (χ4n) is 1.72. The van der Waals surface area contributed by atoms with Crippen LogP contribution in [0.3, 0.4) is 0 Å². The number of aromatic nitrogens is 2. The Balaban J connectivity index is 2.44. The predicted octanol–water partition coefficient (Wildman–Crippen LogP) is 1.10. The lowest BCUT2D eigenvalue weighted by Gasteiger charge is -2.29. The SMILES string of the molecule is CN=C(NCc1nc(C)no1)NCC(OC)C(C)(C)C. The van der Waals surface area contributed by atoms with Gasteiger partial charge in [-0.25, -0.2) is 0 Å². The van der Waals surface area contributed by atoms with Crippen molar-refractivity contribution in [1.29, 1.82) is 0 Å². The molecule has 0 saturated carbocycles. The van der Waals surface area contributed by atoms with Crippen molar-refractivity contribution >= 4 is 5.96 Å². The van der Waals surface area contributed by atoms with Crippen molar-refractivity contribution in [3.05, 3.63) is 11.7 Å². The number of hydrogen-bond donors (Lipinski definition) is 2. The van der Waals surface area contributed by atoms with E-state index in [1.807, 2.05) is 0 Å². The summed E-state index contributed by atoms with van der Waals surface area (Å²) in [6.07, 6.45) is 0.0895. The molecule has 1 heterocycles. The minimum atomic E-state index is 0.0597. The number of aliphatic imine (C=N–C) groups is 1. The highest BCUT2D eigenvalue weighted by atomic mass is 16.5. The van der Waals surface area contributed by atoms with Gasteiger partial charge in [-0.2, -0.15) is 4.98 Å². The van der Waals surface area contributed by atoms with Gasteiger partial charge < -0.3 is 19.9 Å². The standard InChI is InChI=1S/C13H25N5O2/c1-9-17-11(20-18-9)8-16-12(14-5)15-7-10(19-6)13(2,3)4/h10H,7-8H2,1-6H3,(H2,14,15,16). The number of ether oxygens (including phenoxy) is 1. The maximum absolute atomic E-state index is 5.49. The van der Waals surface area contributed by atoms with Crippen LogP contribution < -0.4 is 10.6 Å². The van der Waals surface area contributed by atoms with Crippen molar-refractivity contribution in [2.24, 2.45) is 10.4 Å². The van der Waals surface area contributed by atoms with Gasteiger partial charge in [-0.05, 0) is 12.3 Å². The molecule has 2 N–H and O–H groups in total. The molecule has 7 heteroatoms. The van der Waals surface area contributed by atoms with Gasteiger partial charge in [0, 0.05) is 20.7 Å². The molecule has 0 aromatic carbocycles. The number of aryl methyl sites for hydroxylation is 1. The van der Waals surface area contributed by atoms with Crippen LogP contribution in [0, 0.1) is 12.3 Å². The highest BCUT2D eigenvalue weighted by Gasteiger charge is 2.24. The second-order valence-electron chi connectivity index (χ2n) is 5.63. The number of methoxy groups -OCH3 is 1. The Hall–Kier alpha value is -1.63. The molecule has 1 atom stereocenters. The molecule has 0 aliphatic heterocycles. The Kier molecular flexibility index (Phi) is 5.94. The Labute approximate surface area is 120 Å². The van der Waals surface area contributed by atoms with Crippen LogP contribution in [-0.4, -0.2) is 42.9 Å². The summed E-state index contributed by atoms with van der Waals surface area (Å²) in [6, 6.07) is 0. The molecule has 0 radical (unpaired) electrons. The molecule has 20 heavy (non-hydrogen) atoms. The molecular weight excluding hydrogens is 258 g/mol. The summed E-state index contributed by atoms with van der Waals surface area (Å²) in [5.41, 5.74) is 0.0597. The van der Waals surface area contributed by atoms with E-state index in [0.717, 1.165) is 0 Å². The first-order chi connectivity index (χ1) is 9.36. The maximum Gasteiger partial charge on any atom is 0.246 e. The molecule has 7 nitrogen and oxygen atoms in total. The van der Waals surface area contributed by atoms with Crippen LogP contribution in [0.5, 0.6) is 0 Å². The van der Waals surface area contributed by atoms with Gasteiger partial charge in [0.25, 0.3) is 0 Å². The third kappa shape index (κ3) is 5.16. The molecule has 0 amide bonds. The van der Waals surface area contributed by atoms with Gasteiger partial charge in [0.15, 0.2) is 11.8 Å². The third-order valence-electron chi connectivity index (χ3n) is 2.91. The second-order valence-corrected chi connectivity index (χ2v) is 5.63. The smallest absolute Gasteiger partial charge is 0.246 e. The van der Waals surface area contributed by atoms with Crippen LogP contribution in [0.4, 0.5) is 0 Å². The second kappa shape index (κ2) is 7.23. The first-order valence-corrected chi connectivity index (χ1v) is 6.63. The van der Waals surface area contributed by atoms with Crippen LogP contribution in [-0.2, 0) is 11.3 Å². The molecule has 0 fully saturated rings. The van der Waals surface area contributed by atoms with Crippen molar-refractivity contribution in [3.8, 4) is 0 Å². The van der Waals surface area contributed by atoms with E-state index in [4.69, 9.17) is 9.26 Å². The number of rotatable bonds is 5. The van der Waals surface area contributed by atoms with E-state index in [0.29, 0.717) is 30.8 Å². The quantitative estimate of drug-likeness (QED) is 0.622. The van der Waals surface area contributed by atoms with Crippen molar-refractivity contribution in [2.75, 3.05) is 20.7 Å². The monoisotopic (exact) mass is 283 g/mol. The molecule has 0 bridgehead atoms. The summed E-state index contributed by atoms with van der Waals surface area (Å²) >= 11 is 0. The molecule has 0 spiro atoms. The third-order valence-corrected chi connectivity index (χ3v) is 2.91. The number of hydrogen-bond acceptors (Lipinski definition) is 5. The van der Waals surface area contributed by atoms with Gasteiger partial charge in [-0.3, -0.25) is 4.99 Å².